The van der Waals surface area contributed by atoms with Gasteiger partial charge in [0.05, 0.1) is 0 Å². The highest BCUT2D eigenvalue weighted by Crippen LogP contribution is 2.37. The summed E-state index contributed by atoms with van der Waals surface area (Å²) in [5.74, 6) is 0.939. The van der Waals surface area contributed by atoms with Crippen LogP contribution in [0.15, 0.2) is 0 Å². The lowest BCUT2D eigenvalue weighted by molar-refractivity contribution is 0.168. The molecule has 0 heterocycles. The van der Waals surface area contributed by atoms with Crippen LogP contribution in [0, 0.1) is 11.3 Å². The summed E-state index contributed by atoms with van der Waals surface area (Å²) in [5, 5.41) is 0. The van der Waals surface area contributed by atoms with Crippen molar-refractivity contribution in [2.24, 2.45) is 11.3 Å². The summed E-state index contributed by atoms with van der Waals surface area (Å²) in [7, 11) is 0. The van der Waals surface area contributed by atoms with E-state index in [-0.39, 0.29) is 0 Å². The van der Waals surface area contributed by atoms with Crippen molar-refractivity contribution in [1.29, 1.82) is 0 Å². The number of hydrogen-bond donors (Lipinski definition) is 0. The maximum atomic E-state index is 2.49. The Bertz CT molecular complexity index is 146. The molecule has 0 aromatic heterocycles. The first-order chi connectivity index (χ1) is 7.58. The minimum Gasteiger partial charge on any atom is -0.0654 e. The summed E-state index contributed by atoms with van der Waals surface area (Å²) in [4.78, 5) is 0. The van der Waals surface area contributed by atoms with Gasteiger partial charge in [-0.25, -0.2) is 0 Å². The van der Waals surface area contributed by atoms with Gasteiger partial charge in [-0.15, -0.1) is 0 Å². The lowest BCUT2D eigenvalue weighted by Gasteiger charge is -2.34. The zero-order valence-corrected chi connectivity index (χ0v) is 12.4. The lowest BCUT2D eigenvalue weighted by Crippen LogP contribution is -2.23. The van der Waals surface area contributed by atoms with Crippen LogP contribution in [0.4, 0.5) is 0 Å². The molecule has 0 radical (unpaired) electrons. The fourth-order valence-electron chi connectivity index (χ4n) is 2.81. The first kappa shape index (κ1) is 16.0. The fourth-order valence-corrected chi connectivity index (χ4v) is 2.81. The minimum absolute atomic E-state index is 0.567. The Morgan fingerprint density at radius 2 is 1.44 bits per heavy atom. The lowest BCUT2D eigenvalue weighted by atomic mass is 9.71. The molecule has 0 heteroatoms. The summed E-state index contributed by atoms with van der Waals surface area (Å²) in [6, 6.07) is 0. The van der Waals surface area contributed by atoms with Crippen LogP contribution in [0.25, 0.3) is 0 Å². The molecular weight excluding hydrogens is 192 g/mol. The average molecular weight is 226 g/mol. The van der Waals surface area contributed by atoms with Crippen LogP contribution < -0.4 is 0 Å². The molecule has 1 atom stereocenters. The first-order valence-electron chi connectivity index (χ1n) is 7.58. The van der Waals surface area contributed by atoms with Crippen molar-refractivity contribution >= 4 is 0 Å². The van der Waals surface area contributed by atoms with Crippen molar-refractivity contribution < 1.29 is 0 Å². The summed E-state index contributed by atoms with van der Waals surface area (Å²) in [5.41, 5.74) is 0.567. The molecule has 0 aromatic carbocycles. The number of hydrogen-bond acceptors (Lipinski definition) is 0. The molecule has 0 aromatic rings. The highest BCUT2D eigenvalue weighted by Gasteiger charge is 2.26. The topological polar surface area (TPSA) is 0 Å². The second-order valence-electron chi connectivity index (χ2n) is 6.05. The normalized spacial score (nSPS) is 14.1. The van der Waals surface area contributed by atoms with Crippen molar-refractivity contribution in [2.45, 2.75) is 92.4 Å². The van der Waals surface area contributed by atoms with Crippen molar-refractivity contribution in [1.82, 2.24) is 0 Å². The molecule has 0 N–H and O–H groups in total. The van der Waals surface area contributed by atoms with Gasteiger partial charge in [0.1, 0.15) is 0 Å². The first-order valence-corrected chi connectivity index (χ1v) is 7.58. The van der Waals surface area contributed by atoms with Gasteiger partial charge in [-0.1, -0.05) is 79.6 Å². The van der Waals surface area contributed by atoms with Gasteiger partial charge in [0.2, 0.25) is 0 Å². The highest BCUT2D eigenvalue weighted by atomic mass is 14.3. The molecule has 98 valence electrons. The van der Waals surface area contributed by atoms with Gasteiger partial charge in [0.15, 0.2) is 0 Å². The number of rotatable bonds is 10. The molecule has 0 saturated carbocycles. The van der Waals surface area contributed by atoms with Gasteiger partial charge >= 0.3 is 0 Å². The molecule has 0 saturated heterocycles. The molecule has 0 bridgehead atoms. The van der Waals surface area contributed by atoms with Crippen LogP contribution >= 0.6 is 0 Å². The van der Waals surface area contributed by atoms with Crippen molar-refractivity contribution in [3.63, 3.8) is 0 Å². The van der Waals surface area contributed by atoms with E-state index in [0.717, 1.165) is 5.92 Å². The Hall–Kier alpha value is 0. The minimum atomic E-state index is 0.567. The zero-order valence-electron chi connectivity index (χ0n) is 12.4. The van der Waals surface area contributed by atoms with Gasteiger partial charge in [-0.2, -0.15) is 0 Å². The highest BCUT2D eigenvalue weighted by molar-refractivity contribution is 4.77. The summed E-state index contributed by atoms with van der Waals surface area (Å²) >= 11 is 0. The SMILES string of the molecule is CCCCCCC(C)(C)C(CC)CCCC. The van der Waals surface area contributed by atoms with Gasteiger partial charge in [-0.05, 0) is 24.2 Å². The smallest absolute Gasteiger partial charge is 0.0326 e. The van der Waals surface area contributed by atoms with E-state index in [1.54, 1.807) is 0 Å². The fraction of sp³-hybridized carbons (Fsp3) is 1.00. The molecule has 0 aliphatic heterocycles. The van der Waals surface area contributed by atoms with E-state index in [9.17, 15) is 0 Å². The third kappa shape index (κ3) is 6.55. The van der Waals surface area contributed by atoms with Crippen molar-refractivity contribution in [3.8, 4) is 0 Å². The molecule has 1 unspecified atom stereocenters. The molecule has 0 fully saturated rings. The van der Waals surface area contributed by atoms with Gasteiger partial charge in [0.25, 0.3) is 0 Å². The molecule has 0 amide bonds. The Morgan fingerprint density at radius 3 is 1.94 bits per heavy atom. The maximum absolute atomic E-state index is 2.49. The second kappa shape index (κ2) is 9.07. The van der Waals surface area contributed by atoms with Crippen LogP contribution in [-0.4, -0.2) is 0 Å². The van der Waals surface area contributed by atoms with Crippen LogP contribution in [0.2, 0.25) is 0 Å². The van der Waals surface area contributed by atoms with Gasteiger partial charge < -0.3 is 0 Å². The summed E-state index contributed by atoms with van der Waals surface area (Å²) in [6.07, 6.45) is 12.6. The molecule has 16 heavy (non-hydrogen) atoms. The Balaban J connectivity index is 3.94. The van der Waals surface area contributed by atoms with Gasteiger partial charge in [0, 0.05) is 0 Å². The van der Waals surface area contributed by atoms with Crippen LogP contribution in [0.3, 0.4) is 0 Å². The van der Waals surface area contributed by atoms with E-state index in [0.29, 0.717) is 5.41 Å². The van der Waals surface area contributed by atoms with E-state index in [4.69, 9.17) is 0 Å². The summed E-state index contributed by atoms with van der Waals surface area (Å²) < 4.78 is 0. The molecular formula is C16H34. The summed E-state index contributed by atoms with van der Waals surface area (Å²) in [6.45, 7) is 11.9. The molecule has 0 aliphatic rings. The Labute approximate surface area is 104 Å². The van der Waals surface area contributed by atoms with Crippen LogP contribution in [0.1, 0.15) is 92.4 Å². The van der Waals surface area contributed by atoms with Crippen LogP contribution in [0.5, 0.6) is 0 Å². The standard InChI is InChI=1S/C16H34/c1-6-9-11-12-14-16(4,5)15(8-3)13-10-7-2/h15H,6-14H2,1-5H3. The predicted molar refractivity (Wildman–Crippen MR) is 75.8 cm³/mol. The molecule has 0 nitrogen and oxygen atoms in total. The van der Waals surface area contributed by atoms with Crippen molar-refractivity contribution in [2.75, 3.05) is 0 Å². The van der Waals surface area contributed by atoms with E-state index < -0.39 is 0 Å². The largest absolute Gasteiger partial charge is 0.0654 e. The van der Waals surface area contributed by atoms with Crippen molar-refractivity contribution in [3.05, 3.63) is 0 Å². The number of unbranched alkanes of at least 4 members (excludes halogenated alkanes) is 4. The Kier molecular flexibility index (Phi) is 9.07. The van der Waals surface area contributed by atoms with E-state index >= 15 is 0 Å². The maximum Gasteiger partial charge on any atom is -0.0326 e. The molecule has 0 aliphatic carbocycles. The molecule has 0 spiro atoms. The predicted octanol–water partition coefficient (Wildman–Crippen LogP) is 6.20. The second-order valence-corrected chi connectivity index (χ2v) is 6.05. The van der Waals surface area contributed by atoms with E-state index in [2.05, 4.69) is 34.6 Å². The van der Waals surface area contributed by atoms with E-state index in [1.165, 1.54) is 57.8 Å². The van der Waals surface area contributed by atoms with Gasteiger partial charge in [-0.3, -0.25) is 0 Å². The average Bonchev–Trinajstić information content (AvgIpc) is 2.25. The quantitative estimate of drug-likeness (QED) is 0.389. The molecule has 0 rings (SSSR count). The Morgan fingerprint density at radius 1 is 0.812 bits per heavy atom. The zero-order chi connectivity index (χ0) is 12.4. The monoisotopic (exact) mass is 226 g/mol. The third-order valence-electron chi connectivity index (χ3n) is 4.18. The van der Waals surface area contributed by atoms with E-state index in [1.807, 2.05) is 0 Å². The third-order valence-corrected chi connectivity index (χ3v) is 4.18. The van der Waals surface area contributed by atoms with Crippen LogP contribution in [-0.2, 0) is 0 Å².